The lowest BCUT2D eigenvalue weighted by Gasteiger charge is -2.30. The van der Waals surface area contributed by atoms with Gasteiger partial charge in [0.05, 0.1) is 6.54 Å². The minimum Gasteiger partial charge on any atom is -0.343 e. The van der Waals surface area contributed by atoms with E-state index in [0.717, 1.165) is 19.3 Å². The SMILES string of the molecule is CCCCCN1CC(=O)NC(C)C1=O. The van der Waals surface area contributed by atoms with Gasteiger partial charge in [-0.3, -0.25) is 9.59 Å². The van der Waals surface area contributed by atoms with Gasteiger partial charge in [0, 0.05) is 6.54 Å². The van der Waals surface area contributed by atoms with E-state index in [1.165, 1.54) is 0 Å². The van der Waals surface area contributed by atoms with E-state index in [9.17, 15) is 9.59 Å². The molecule has 0 radical (unpaired) electrons. The molecule has 4 nitrogen and oxygen atoms in total. The zero-order valence-corrected chi connectivity index (χ0v) is 8.88. The summed E-state index contributed by atoms with van der Waals surface area (Å²) in [5, 5.41) is 2.62. The Kier molecular flexibility index (Phi) is 3.92. The van der Waals surface area contributed by atoms with E-state index < -0.39 is 0 Å². The summed E-state index contributed by atoms with van der Waals surface area (Å²) in [7, 11) is 0. The summed E-state index contributed by atoms with van der Waals surface area (Å²) in [5.74, 6) is -0.00528. The van der Waals surface area contributed by atoms with Gasteiger partial charge in [-0.15, -0.1) is 0 Å². The maximum atomic E-state index is 11.6. The molecular formula is C10H18N2O2. The monoisotopic (exact) mass is 198 g/mol. The molecule has 0 aromatic heterocycles. The van der Waals surface area contributed by atoms with Crippen molar-refractivity contribution in [3.63, 3.8) is 0 Å². The Hall–Kier alpha value is -1.06. The zero-order chi connectivity index (χ0) is 10.6. The minimum absolute atomic E-state index is 0.0423. The van der Waals surface area contributed by atoms with Crippen LogP contribution < -0.4 is 5.32 Å². The molecule has 0 bridgehead atoms. The van der Waals surface area contributed by atoms with Crippen molar-refractivity contribution in [2.75, 3.05) is 13.1 Å². The molecule has 4 heteroatoms. The summed E-state index contributed by atoms with van der Waals surface area (Å²) in [6, 6.07) is -0.349. The topological polar surface area (TPSA) is 49.4 Å². The lowest BCUT2D eigenvalue weighted by molar-refractivity contribution is -0.143. The van der Waals surface area contributed by atoms with Crippen molar-refractivity contribution in [1.29, 1.82) is 0 Å². The van der Waals surface area contributed by atoms with Crippen LogP contribution in [0.5, 0.6) is 0 Å². The molecule has 0 spiro atoms. The molecule has 1 rings (SSSR count). The maximum absolute atomic E-state index is 11.6. The van der Waals surface area contributed by atoms with Gasteiger partial charge in [-0.1, -0.05) is 19.8 Å². The van der Waals surface area contributed by atoms with Crippen molar-refractivity contribution >= 4 is 11.8 Å². The number of carbonyl (C=O) groups is 2. The first kappa shape index (κ1) is 11.0. The fourth-order valence-electron chi connectivity index (χ4n) is 1.62. The summed E-state index contributed by atoms with van der Waals surface area (Å²) in [5.41, 5.74) is 0. The van der Waals surface area contributed by atoms with E-state index in [1.807, 2.05) is 0 Å². The normalized spacial score (nSPS) is 22.4. The molecular weight excluding hydrogens is 180 g/mol. The van der Waals surface area contributed by atoms with E-state index in [-0.39, 0.29) is 24.4 Å². The van der Waals surface area contributed by atoms with Crippen LogP contribution in [-0.2, 0) is 9.59 Å². The molecule has 0 aromatic rings. The van der Waals surface area contributed by atoms with Gasteiger partial charge in [0.25, 0.3) is 0 Å². The number of nitrogens with zero attached hydrogens (tertiary/aromatic N) is 1. The van der Waals surface area contributed by atoms with Crippen LogP contribution >= 0.6 is 0 Å². The van der Waals surface area contributed by atoms with Crippen molar-refractivity contribution in [3.05, 3.63) is 0 Å². The van der Waals surface area contributed by atoms with Crippen LogP contribution in [0, 0.1) is 0 Å². The van der Waals surface area contributed by atoms with Crippen LogP contribution in [-0.4, -0.2) is 35.8 Å². The summed E-state index contributed by atoms with van der Waals surface area (Å²) < 4.78 is 0. The molecule has 0 aliphatic carbocycles. The minimum atomic E-state index is -0.349. The third-order valence-electron chi connectivity index (χ3n) is 2.43. The first-order valence-electron chi connectivity index (χ1n) is 5.23. The molecule has 1 aliphatic heterocycles. The Morgan fingerprint density at radius 1 is 1.43 bits per heavy atom. The predicted octanol–water partition coefficient (Wildman–Crippen LogP) is 0.523. The second-order valence-corrected chi connectivity index (χ2v) is 3.76. The molecule has 1 N–H and O–H groups in total. The van der Waals surface area contributed by atoms with Crippen LogP contribution in [0.4, 0.5) is 0 Å². The van der Waals surface area contributed by atoms with Crippen LogP contribution in [0.15, 0.2) is 0 Å². The highest BCUT2D eigenvalue weighted by Gasteiger charge is 2.28. The highest BCUT2D eigenvalue weighted by atomic mass is 16.2. The number of nitrogens with one attached hydrogen (secondary N) is 1. The molecule has 1 saturated heterocycles. The van der Waals surface area contributed by atoms with Crippen LogP contribution in [0.25, 0.3) is 0 Å². The third-order valence-corrected chi connectivity index (χ3v) is 2.43. The van der Waals surface area contributed by atoms with Gasteiger partial charge in [-0.25, -0.2) is 0 Å². The fraction of sp³-hybridized carbons (Fsp3) is 0.800. The van der Waals surface area contributed by atoms with E-state index in [2.05, 4.69) is 12.2 Å². The van der Waals surface area contributed by atoms with Crippen LogP contribution in [0.1, 0.15) is 33.1 Å². The highest BCUT2D eigenvalue weighted by Crippen LogP contribution is 2.04. The molecule has 1 aliphatic rings. The number of carbonyl (C=O) groups excluding carboxylic acids is 2. The number of unbranched alkanes of at least 4 members (excludes halogenated alkanes) is 2. The summed E-state index contributed by atoms with van der Waals surface area (Å²) in [4.78, 5) is 24.4. The average Bonchev–Trinajstić information content (AvgIpc) is 2.13. The van der Waals surface area contributed by atoms with Gasteiger partial charge in [0.15, 0.2) is 0 Å². The molecule has 80 valence electrons. The van der Waals surface area contributed by atoms with Crippen LogP contribution in [0.3, 0.4) is 0 Å². The van der Waals surface area contributed by atoms with Crippen molar-refractivity contribution in [1.82, 2.24) is 10.2 Å². The third kappa shape index (κ3) is 2.72. The first-order chi connectivity index (χ1) is 6.65. The maximum Gasteiger partial charge on any atom is 0.245 e. The Labute approximate surface area is 84.7 Å². The highest BCUT2D eigenvalue weighted by molar-refractivity contribution is 5.94. The lowest BCUT2D eigenvalue weighted by atomic mass is 10.2. The fourth-order valence-corrected chi connectivity index (χ4v) is 1.62. The Morgan fingerprint density at radius 3 is 2.79 bits per heavy atom. The number of rotatable bonds is 4. The van der Waals surface area contributed by atoms with E-state index in [0.29, 0.717) is 6.54 Å². The Morgan fingerprint density at radius 2 is 2.14 bits per heavy atom. The van der Waals surface area contributed by atoms with Gasteiger partial charge in [0.1, 0.15) is 6.04 Å². The van der Waals surface area contributed by atoms with E-state index in [1.54, 1.807) is 11.8 Å². The first-order valence-corrected chi connectivity index (χ1v) is 5.23. The predicted molar refractivity (Wildman–Crippen MR) is 53.7 cm³/mol. The average molecular weight is 198 g/mol. The molecule has 1 unspecified atom stereocenters. The summed E-state index contributed by atoms with van der Waals surface area (Å²) >= 11 is 0. The second kappa shape index (κ2) is 4.98. The van der Waals surface area contributed by atoms with Crippen molar-refractivity contribution in [3.8, 4) is 0 Å². The molecule has 0 saturated carbocycles. The van der Waals surface area contributed by atoms with Gasteiger partial charge in [-0.05, 0) is 13.3 Å². The Balaban J connectivity index is 2.41. The quantitative estimate of drug-likeness (QED) is 0.670. The smallest absolute Gasteiger partial charge is 0.245 e. The molecule has 1 heterocycles. The number of hydrogen-bond acceptors (Lipinski definition) is 2. The Bertz CT molecular complexity index is 228. The molecule has 0 aromatic carbocycles. The molecule has 1 atom stereocenters. The lowest BCUT2D eigenvalue weighted by Crippen LogP contribution is -2.56. The standard InChI is InChI=1S/C10H18N2O2/c1-3-4-5-6-12-7-9(13)11-8(2)10(12)14/h8H,3-7H2,1-2H3,(H,11,13). The van der Waals surface area contributed by atoms with E-state index in [4.69, 9.17) is 0 Å². The van der Waals surface area contributed by atoms with Crippen molar-refractivity contribution < 1.29 is 9.59 Å². The van der Waals surface area contributed by atoms with Crippen molar-refractivity contribution in [2.45, 2.75) is 39.2 Å². The van der Waals surface area contributed by atoms with Gasteiger partial charge < -0.3 is 10.2 Å². The van der Waals surface area contributed by atoms with Gasteiger partial charge in [0.2, 0.25) is 11.8 Å². The van der Waals surface area contributed by atoms with Crippen molar-refractivity contribution in [2.24, 2.45) is 0 Å². The number of amides is 2. The molecule has 1 fully saturated rings. The van der Waals surface area contributed by atoms with Crippen LogP contribution in [0.2, 0.25) is 0 Å². The second-order valence-electron chi connectivity index (χ2n) is 3.76. The van der Waals surface area contributed by atoms with E-state index >= 15 is 0 Å². The molecule has 14 heavy (non-hydrogen) atoms. The number of piperazine rings is 1. The zero-order valence-electron chi connectivity index (χ0n) is 8.88. The van der Waals surface area contributed by atoms with Gasteiger partial charge >= 0.3 is 0 Å². The number of hydrogen-bond donors (Lipinski definition) is 1. The largest absolute Gasteiger partial charge is 0.343 e. The summed E-state index contributed by atoms with van der Waals surface area (Å²) in [6.45, 7) is 4.79. The van der Waals surface area contributed by atoms with Gasteiger partial charge in [-0.2, -0.15) is 0 Å². The summed E-state index contributed by atoms with van der Waals surface area (Å²) in [6.07, 6.45) is 3.23. The molecule has 2 amide bonds.